The Morgan fingerprint density at radius 3 is 3.04 bits per heavy atom. The third-order valence-corrected chi connectivity index (χ3v) is 6.19. The lowest BCUT2D eigenvalue weighted by Gasteiger charge is -2.17. The molecule has 1 atom stereocenters. The Hall–Kier alpha value is -2.17. The molecule has 7 heteroatoms. The second-order valence-electron chi connectivity index (χ2n) is 6.13. The molecule has 1 N–H and O–H groups in total. The molecule has 3 rings (SSSR count). The molecular formula is C18H18N2O3S2. The second-order valence-corrected chi connectivity index (χ2v) is 8.27. The third kappa shape index (κ3) is 4.27. The lowest BCUT2D eigenvalue weighted by atomic mass is 9.89. The number of carbonyl (C=O) groups is 2. The normalized spacial score (nSPS) is 15.9. The lowest BCUT2D eigenvalue weighted by molar-refractivity contribution is -0.146. The van der Waals surface area contributed by atoms with Gasteiger partial charge in [-0.3, -0.25) is 9.59 Å². The number of rotatable bonds is 5. The highest BCUT2D eigenvalue weighted by Gasteiger charge is 2.24. The van der Waals surface area contributed by atoms with Gasteiger partial charge >= 0.3 is 5.97 Å². The Kier molecular flexibility index (Phi) is 5.51. The minimum absolute atomic E-state index is 0.166. The summed E-state index contributed by atoms with van der Waals surface area (Å²) in [5.41, 5.74) is 1.63. The first-order chi connectivity index (χ1) is 12.1. The van der Waals surface area contributed by atoms with Gasteiger partial charge in [0.15, 0.2) is 6.61 Å². The van der Waals surface area contributed by atoms with Gasteiger partial charge in [0.25, 0.3) is 5.91 Å². The van der Waals surface area contributed by atoms with Gasteiger partial charge in [-0.15, -0.1) is 22.7 Å². The molecule has 0 saturated carbocycles. The molecule has 1 amide bonds. The van der Waals surface area contributed by atoms with Crippen molar-refractivity contribution in [2.24, 2.45) is 5.92 Å². The van der Waals surface area contributed by atoms with E-state index in [1.54, 1.807) is 0 Å². The highest BCUT2D eigenvalue weighted by Crippen LogP contribution is 2.39. The number of thiophene rings is 2. The Bertz CT molecular complexity index is 818. The predicted octanol–water partition coefficient (Wildman–Crippen LogP) is 3.53. The number of nitrogens with zero attached hydrogens (tertiary/aromatic N) is 1. The van der Waals surface area contributed by atoms with Crippen LogP contribution in [0.15, 0.2) is 17.5 Å². The summed E-state index contributed by atoms with van der Waals surface area (Å²) >= 11 is 2.94. The monoisotopic (exact) mass is 374 g/mol. The molecule has 2 aromatic rings. The van der Waals surface area contributed by atoms with Crippen molar-refractivity contribution in [1.29, 1.82) is 5.26 Å². The first kappa shape index (κ1) is 17.6. The summed E-state index contributed by atoms with van der Waals surface area (Å²) in [4.78, 5) is 25.9. The van der Waals surface area contributed by atoms with Gasteiger partial charge in [0, 0.05) is 9.75 Å². The number of hydrogen-bond donors (Lipinski definition) is 1. The summed E-state index contributed by atoms with van der Waals surface area (Å²) in [5, 5.41) is 14.6. The number of nitriles is 1. The van der Waals surface area contributed by atoms with Crippen LogP contribution in [0.2, 0.25) is 0 Å². The topological polar surface area (TPSA) is 79.2 Å². The molecule has 0 saturated heterocycles. The van der Waals surface area contributed by atoms with Gasteiger partial charge < -0.3 is 10.1 Å². The maximum Gasteiger partial charge on any atom is 0.311 e. The van der Waals surface area contributed by atoms with Crippen molar-refractivity contribution in [3.8, 4) is 6.07 Å². The zero-order valence-corrected chi connectivity index (χ0v) is 15.5. The van der Waals surface area contributed by atoms with Gasteiger partial charge in [0.05, 0.1) is 12.0 Å². The number of fused-ring (bicyclic) bond motifs is 1. The van der Waals surface area contributed by atoms with Crippen molar-refractivity contribution in [2.45, 2.75) is 32.6 Å². The van der Waals surface area contributed by atoms with E-state index in [2.05, 4.69) is 18.3 Å². The number of nitrogens with one attached hydrogen (secondary N) is 1. The summed E-state index contributed by atoms with van der Waals surface area (Å²) in [6.07, 6.45) is 3.05. The Labute approximate surface area is 154 Å². The van der Waals surface area contributed by atoms with Crippen LogP contribution in [0.1, 0.15) is 34.2 Å². The predicted molar refractivity (Wildman–Crippen MR) is 97.8 cm³/mol. The first-order valence-corrected chi connectivity index (χ1v) is 9.79. The standard InChI is InChI=1S/C18H18N2O3S2/c1-11-4-5-13-14(9-19)18(25-15(13)7-11)20-16(21)10-23-17(22)8-12-3-2-6-24-12/h2-3,6,11H,4-5,7-8,10H2,1H3,(H,20,21)/t11-/m0/s1. The van der Waals surface area contributed by atoms with E-state index in [1.807, 2.05) is 17.5 Å². The van der Waals surface area contributed by atoms with Crippen LogP contribution < -0.4 is 5.32 Å². The Morgan fingerprint density at radius 1 is 1.48 bits per heavy atom. The average Bonchev–Trinajstić information content (AvgIpc) is 3.19. The molecule has 0 aliphatic heterocycles. The van der Waals surface area contributed by atoms with Crippen LogP contribution in [0.4, 0.5) is 5.00 Å². The third-order valence-electron chi connectivity index (χ3n) is 4.14. The van der Waals surface area contributed by atoms with E-state index in [1.165, 1.54) is 27.6 Å². The van der Waals surface area contributed by atoms with Crippen molar-refractivity contribution in [3.05, 3.63) is 38.4 Å². The molecule has 0 spiro atoms. The van der Waals surface area contributed by atoms with Crippen LogP contribution >= 0.6 is 22.7 Å². The highest BCUT2D eigenvalue weighted by atomic mass is 32.1. The highest BCUT2D eigenvalue weighted by molar-refractivity contribution is 7.16. The number of hydrogen-bond acceptors (Lipinski definition) is 6. The van der Waals surface area contributed by atoms with Gasteiger partial charge in [-0.1, -0.05) is 13.0 Å². The maximum absolute atomic E-state index is 12.1. The van der Waals surface area contributed by atoms with E-state index < -0.39 is 11.9 Å². The number of anilines is 1. The van der Waals surface area contributed by atoms with Crippen LogP contribution in [-0.4, -0.2) is 18.5 Å². The van der Waals surface area contributed by atoms with Gasteiger partial charge in [-0.05, 0) is 42.2 Å². The fraction of sp³-hybridized carbons (Fsp3) is 0.389. The molecule has 0 radical (unpaired) electrons. The molecule has 130 valence electrons. The lowest BCUT2D eigenvalue weighted by Crippen LogP contribution is -2.21. The minimum atomic E-state index is -0.433. The van der Waals surface area contributed by atoms with Gasteiger partial charge in [-0.25, -0.2) is 0 Å². The van der Waals surface area contributed by atoms with Crippen LogP contribution in [0.3, 0.4) is 0 Å². The van der Waals surface area contributed by atoms with E-state index >= 15 is 0 Å². The van der Waals surface area contributed by atoms with Crippen LogP contribution in [0.25, 0.3) is 0 Å². The Balaban J connectivity index is 1.58. The van der Waals surface area contributed by atoms with Crippen LogP contribution in [0, 0.1) is 17.2 Å². The van der Waals surface area contributed by atoms with Gasteiger partial charge in [-0.2, -0.15) is 5.26 Å². The fourth-order valence-electron chi connectivity index (χ4n) is 2.87. The maximum atomic E-state index is 12.1. The second kappa shape index (κ2) is 7.81. The van der Waals surface area contributed by atoms with Crippen molar-refractivity contribution in [2.75, 3.05) is 11.9 Å². The molecule has 0 fully saturated rings. The molecule has 0 bridgehead atoms. The quantitative estimate of drug-likeness (QED) is 0.812. The summed E-state index contributed by atoms with van der Waals surface area (Å²) in [6, 6.07) is 5.92. The SMILES string of the molecule is C[C@H]1CCc2c(sc(NC(=O)COC(=O)Cc3cccs3)c2C#N)C1. The first-order valence-electron chi connectivity index (χ1n) is 8.09. The zero-order chi connectivity index (χ0) is 17.8. The fourth-order valence-corrected chi connectivity index (χ4v) is 4.94. The molecule has 25 heavy (non-hydrogen) atoms. The summed E-state index contributed by atoms with van der Waals surface area (Å²) in [6.45, 7) is 1.86. The largest absolute Gasteiger partial charge is 0.455 e. The molecule has 0 unspecified atom stereocenters. The van der Waals surface area contributed by atoms with Gasteiger partial charge in [0.1, 0.15) is 11.1 Å². The van der Waals surface area contributed by atoms with Crippen LogP contribution in [-0.2, 0) is 33.6 Å². The van der Waals surface area contributed by atoms with Crippen molar-refractivity contribution in [1.82, 2.24) is 0 Å². The van der Waals surface area contributed by atoms with E-state index in [0.29, 0.717) is 16.5 Å². The minimum Gasteiger partial charge on any atom is -0.455 e. The smallest absolute Gasteiger partial charge is 0.311 e. The van der Waals surface area contributed by atoms with E-state index in [-0.39, 0.29) is 13.0 Å². The number of esters is 1. The number of amides is 1. The molecule has 1 aliphatic rings. The summed E-state index contributed by atoms with van der Waals surface area (Å²) < 4.78 is 5.02. The van der Waals surface area contributed by atoms with E-state index in [0.717, 1.165) is 29.7 Å². The Morgan fingerprint density at radius 2 is 2.32 bits per heavy atom. The average molecular weight is 374 g/mol. The summed E-state index contributed by atoms with van der Waals surface area (Å²) in [7, 11) is 0. The van der Waals surface area contributed by atoms with Crippen molar-refractivity contribution >= 4 is 39.6 Å². The number of carbonyl (C=O) groups excluding carboxylic acids is 2. The van der Waals surface area contributed by atoms with E-state index in [9.17, 15) is 14.9 Å². The van der Waals surface area contributed by atoms with Crippen LogP contribution in [0.5, 0.6) is 0 Å². The number of ether oxygens (including phenoxy) is 1. The van der Waals surface area contributed by atoms with Crippen molar-refractivity contribution in [3.63, 3.8) is 0 Å². The van der Waals surface area contributed by atoms with Crippen molar-refractivity contribution < 1.29 is 14.3 Å². The van der Waals surface area contributed by atoms with Gasteiger partial charge in [0.2, 0.25) is 0 Å². The summed E-state index contributed by atoms with van der Waals surface area (Å²) in [5.74, 6) is -0.250. The zero-order valence-electron chi connectivity index (χ0n) is 13.8. The molecule has 2 heterocycles. The molecule has 2 aromatic heterocycles. The molecule has 5 nitrogen and oxygen atoms in total. The van der Waals surface area contributed by atoms with E-state index in [4.69, 9.17) is 4.74 Å². The molecular weight excluding hydrogens is 356 g/mol. The molecule has 0 aromatic carbocycles. The molecule has 1 aliphatic carbocycles.